The van der Waals surface area contributed by atoms with Gasteiger partial charge in [0.1, 0.15) is 0 Å². The summed E-state index contributed by atoms with van der Waals surface area (Å²) in [4.78, 5) is 15.5. The van der Waals surface area contributed by atoms with E-state index < -0.39 is 5.97 Å². The number of carboxylic acids is 1. The van der Waals surface area contributed by atoms with Crippen LogP contribution in [-0.4, -0.2) is 21.2 Å². The van der Waals surface area contributed by atoms with Crippen LogP contribution in [0.5, 0.6) is 0 Å². The van der Waals surface area contributed by atoms with Crippen molar-refractivity contribution in [1.82, 2.24) is 10.1 Å². The normalized spacial score (nSPS) is 12.3. The molecule has 2 aromatic carbocycles. The van der Waals surface area contributed by atoms with Gasteiger partial charge < -0.3 is 9.63 Å². The van der Waals surface area contributed by atoms with Crippen molar-refractivity contribution >= 4 is 5.97 Å². The molecule has 1 unspecified atom stereocenters. The number of nitrogens with zero attached hydrogens (tertiary/aromatic N) is 2. The van der Waals surface area contributed by atoms with Gasteiger partial charge in [0.25, 0.3) is 5.89 Å². The van der Waals surface area contributed by atoms with Gasteiger partial charge in [-0.2, -0.15) is 4.98 Å². The van der Waals surface area contributed by atoms with Gasteiger partial charge in [-0.05, 0) is 35.7 Å². The Labute approximate surface area is 140 Å². The fourth-order valence-corrected chi connectivity index (χ4v) is 2.72. The topological polar surface area (TPSA) is 76.2 Å². The van der Waals surface area contributed by atoms with Gasteiger partial charge in [-0.25, -0.2) is 4.79 Å². The highest BCUT2D eigenvalue weighted by atomic mass is 16.5. The Bertz CT molecular complexity index is 823. The van der Waals surface area contributed by atoms with Gasteiger partial charge in [0.15, 0.2) is 5.82 Å². The molecule has 0 fully saturated rings. The van der Waals surface area contributed by atoms with Gasteiger partial charge in [0.05, 0.1) is 5.56 Å². The number of carboxylic acid groups (broad SMARTS) is 1. The fraction of sp³-hybridized carbons (Fsp3) is 0.211. The first-order valence-electron chi connectivity index (χ1n) is 7.78. The van der Waals surface area contributed by atoms with E-state index in [0.717, 1.165) is 11.1 Å². The molecule has 1 aromatic heterocycles. The molecule has 0 saturated heterocycles. The third-order valence-electron chi connectivity index (χ3n) is 3.92. The van der Waals surface area contributed by atoms with Crippen LogP contribution in [0.2, 0.25) is 0 Å². The van der Waals surface area contributed by atoms with Crippen LogP contribution in [0.1, 0.15) is 41.5 Å². The number of carbonyl (C=O) groups is 1. The number of aromatic nitrogens is 2. The Kier molecular flexibility index (Phi) is 4.42. The van der Waals surface area contributed by atoms with Crippen LogP contribution in [0.15, 0.2) is 59.1 Å². The summed E-state index contributed by atoms with van der Waals surface area (Å²) in [6.07, 6.45) is 0. The number of rotatable bonds is 5. The number of hydrogen-bond acceptors (Lipinski definition) is 4. The molecule has 0 aliphatic carbocycles. The fourth-order valence-electron chi connectivity index (χ4n) is 2.72. The molecule has 0 bridgehead atoms. The Morgan fingerprint density at radius 1 is 1.04 bits per heavy atom. The van der Waals surface area contributed by atoms with Crippen molar-refractivity contribution in [3.8, 4) is 11.5 Å². The molecule has 0 radical (unpaired) electrons. The summed E-state index contributed by atoms with van der Waals surface area (Å²) in [6.45, 7) is 4.16. The summed E-state index contributed by atoms with van der Waals surface area (Å²) < 4.78 is 5.41. The first-order valence-corrected chi connectivity index (χ1v) is 7.78. The molecule has 0 aliphatic rings. The minimum Gasteiger partial charge on any atom is -0.478 e. The Morgan fingerprint density at radius 2 is 1.71 bits per heavy atom. The lowest BCUT2D eigenvalue weighted by atomic mass is 9.87. The highest BCUT2D eigenvalue weighted by Gasteiger charge is 2.24. The maximum atomic E-state index is 11.0. The highest BCUT2D eigenvalue weighted by molar-refractivity contribution is 5.87. The Hall–Kier alpha value is -2.95. The number of aromatic carboxylic acids is 1. The van der Waals surface area contributed by atoms with Gasteiger partial charge >= 0.3 is 5.97 Å². The van der Waals surface area contributed by atoms with E-state index >= 15 is 0 Å². The summed E-state index contributed by atoms with van der Waals surface area (Å²) >= 11 is 0. The Balaban J connectivity index is 1.94. The van der Waals surface area contributed by atoms with Gasteiger partial charge in [-0.3, -0.25) is 0 Å². The number of benzene rings is 2. The first-order chi connectivity index (χ1) is 11.6. The van der Waals surface area contributed by atoms with E-state index in [1.807, 2.05) is 42.5 Å². The second-order valence-corrected chi connectivity index (χ2v) is 5.97. The van der Waals surface area contributed by atoms with Crippen LogP contribution in [0, 0.1) is 5.92 Å². The van der Waals surface area contributed by atoms with E-state index in [1.54, 1.807) is 12.1 Å². The largest absolute Gasteiger partial charge is 0.478 e. The maximum absolute atomic E-state index is 11.0. The first kappa shape index (κ1) is 15.9. The van der Waals surface area contributed by atoms with E-state index in [0.29, 0.717) is 11.7 Å². The zero-order valence-electron chi connectivity index (χ0n) is 13.5. The van der Waals surface area contributed by atoms with Gasteiger partial charge in [-0.15, -0.1) is 0 Å². The lowest BCUT2D eigenvalue weighted by molar-refractivity contribution is 0.0697. The van der Waals surface area contributed by atoms with Crippen molar-refractivity contribution in [2.24, 2.45) is 5.92 Å². The van der Waals surface area contributed by atoms with Crippen molar-refractivity contribution in [2.45, 2.75) is 19.8 Å². The molecule has 0 amide bonds. The SMILES string of the molecule is CC(C)C(c1ccc(C(=O)O)cc1)c1noc(-c2ccccc2)n1. The van der Waals surface area contributed by atoms with Gasteiger partial charge in [0.2, 0.25) is 0 Å². The molecule has 0 aliphatic heterocycles. The third-order valence-corrected chi connectivity index (χ3v) is 3.92. The summed E-state index contributed by atoms with van der Waals surface area (Å²) in [5, 5.41) is 13.2. The maximum Gasteiger partial charge on any atom is 0.335 e. The molecular formula is C19H18N2O3. The van der Waals surface area contributed by atoms with Crippen LogP contribution in [-0.2, 0) is 0 Å². The lowest BCUT2D eigenvalue weighted by Crippen LogP contribution is -2.11. The molecule has 0 saturated carbocycles. The van der Waals surface area contributed by atoms with E-state index in [9.17, 15) is 4.79 Å². The average Bonchev–Trinajstić information content (AvgIpc) is 3.05. The van der Waals surface area contributed by atoms with Crippen LogP contribution < -0.4 is 0 Å². The Morgan fingerprint density at radius 3 is 2.29 bits per heavy atom. The monoisotopic (exact) mass is 322 g/mol. The van der Waals surface area contributed by atoms with E-state index in [4.69, 9.17) is 9.63 Å². The molecule has 24 heavy (non-hydrogen) atoms. The van der Waals surface area contributed by atoms with E-state index in [2.05, 4.69) is 24.0 Å². The second-order valence-electron chi connectivity index (χ2n) is 5.97. The van der Waals surface area contributed by atoms with Crippen molar-refractivity contribution < 1.29 is 14.4 Å². The molecule has 0 spiro atoms. The van der Waals surface area contributed by atoms with Gasteiger partial charge in [-0.1, -0.05) is 49.3 Å². The molecule has 5 nitrogen and oxygen atoms in total. The molecule has 3 rings (SSSR count). The minimum absolute atomic E-state index is 0.0611. The predicted octanol–water partition coefficient (Wildman–Crippen LogP) is 4.22. The third kappa shape index (κ3) is 3.20. The zero-order chi connectivity index (χ0) is 17.1. The van der Waals surface area contributed by atoms with Gasteiger partial charge in [0, 0.05) is 11.5 Å². The van der Waals surface area contributed by atoms with Crippen molar-refractivity contribution in [3.05, 3.63) is 71.5 Å². The lowest BCUT2D eigenvalue weighted by Gasteiger charge is -2.17. The smallest absolute Gasteiger partial charge is 0.335 e. The van der Waals surface area contributed by atoms with Crippen molar-refractivity contribution in [1.29, 1.82) is 0 Å². The molecule has 1 N–H and O–H groups in total. The van der Waals surface area contributed by atoms with Crippen LogP contribution in [0.3, 0.4) is 0 Å². The van der Waals surface area contributed by atoms with E-state index in [1.165, 1.54) is 0 Å². The minimum atomic E-state index is -0.937. The summed E-state index contributed by atoms with van der Waals surface area (Å²) in [7, 11) is 0. The quantitative estimate of drug-likeness (QED) is 0.761. The predicted molar refractivity (Wildman–Crippen MR) is 89.8 cm³/mol. The molecule has 3 aromatic rings. The molecule has 122 valence electrons. The summed E-state index contributed by atoms with van der Waals surface area (Å²) in [6, 6.07) is 16.4. The molecule has 5 heteroatoms. The standard InChI is InChI=1S/C19H18N2O3/c1-12(2)16(13-8-10-15(11-9-13)19(22)23)17-20-18(24-21-17)14-6-4-3-5-7-14/h3-12,16H,1-2H3,(H,22,23). The van der Waals surface area contributed by atoms with E-state index in [-0.39, 0.29) is 17.4 Å². The van der Waals surface area contributed by atoms with Crippen LogP contribution >= 0.6 is 0 Å². The van der Waals surface area contributed by atoms with Crippen LogP contribution in [0.4, 0.5) is 0 Å². The van der Waals surface area contributed by atoms with Crippen LogP contribution in [0.25, 0.3) is 11.5 Å². The summed E-state index contributed by atoms with van der Waals surface area (Å²) in [5.74, 6) is 0.329. The second kappa shape index (κ2) is 6.66. The average molecular weight is 322 g/mol. The highest BCUT2D eigenvalue weighted by Crippen LogP contribution is 2.31. The summed E-state index contributed by atoms with van der Waals surface area (Å²) in [5.41, 5.74) is 2.11. The zero-order valence-corrected chi connectivity index (χ0v) is 13.5. The number of hydrogen-bond donors (Lipinski definition) is 1. The molecular weight excluding hydrogens is 304 g/mol. The van der Waals surface area contributed by atoms with Crippen molar-refractivity contribution in [2.75, 3.05) is 0 Å². The molecule has 1 atom stereocenters. The van der Waals surface area contributed by atoms with Crippen molar-refractivity contribution in [3.63, 3.8) is 0 Å². The molecule has 1 heterocycles.